The van der Waals surface area contributed by atoms with Crippen molar-refractivity contribution in [1.82, 2.24) is 0 Å². The van der Waals surface area contributed by atoms with Crippen molar-refractivity contribution >= 4 is 23.3 Å². The van der Waals surface area contributed by atoms with E-state index in [9.17, 15) is 4.57 Å². The summed E-state index contributed by atoms with van der Waals surface area (Å²) < 4.78 is 15.1. The van der Waals surface area contributed by atoms with Crippen LogP contribution in [0.3, 0.4) is 0 Å². The van der Waals surface area contributed by atoms with Gasteiger partial charge in [0, 0.05) is 35.1 Å². The van der Waals surface area contributed by atoms with E-state index in [4.69, 9.17) is 0 Å². The summed E-state index contributed by atoms with van der Waals surface area (Å²) in [6, 6.07) is 8.46. The molecule has 0 atom stereocenters. The molecule has 0 radical (unpaired) electrons. The molecule has 0 aliphatic heterocycles. The number of fused-ring (bicyclic) bond motifs is 1. The minimum absolute atomic E-state index is 0.745. The maximum atomic E-state index is 12.9. The van der Waals surface area contributed by atoms with Crippen LogP contribution in [0.25, 0.3) is 10.9 Å². The molecular weight excluding hydrogens is 253 g/mol. The van der Waals surface area contributed by atoms with Gasteiger partial charge in [0.25, 0.3) is 0 Å². The Morgan fingerprint density at radius 2 is 1.79 bits per heavy atom. The lowest BCUT2D eigenvalue weighted by atomic mass is 10.1. The first-order chi connectivity index (χ1) is 9.05. The molecule has 0 bridgehead atoms. The third kappa shape index (κ3) is 2.47. The maximum absolute atomic E-state index is 12.9. The van der Waals surface area contributed by atoms with E-state index >= 15 is 0 Å². The number of pyridine rings is 1. The minimum Gasteiger partial charge on any atom is -0.319 e. The van der Waals surface area contributed by atoms with Crippen LogP contribution in [-0.2, 0) is 11.1 Å². The van der Waals surface area contributed by atoms with Crippen molar-refractivity contribution in [3.05, 3.63) is 36.0 Å². The van der Waals surface area contributed by atoms with Gasteiger partial charge in [-0.25, -0.2) is 0 Å². The summed E-state index contributed by atoms with van der Waals surface area (Å²) in [5.41, 5.74) is 2.48. The lowest BCUT2D eigenvalue weighted by Crippen LogP contribution is -2.33. The van der Waals surface area contributed by atoms with Crippen LogP contribution < -0.4 is 9.87 Å². The molecule has 2 aromatic rings. The third-order valence-corrected chi connectivity index (χ3v) is 7.31. The predicted octanol–water partition coefficient (Wildman–Crippen LogP) is 3.48. The molecule has 2 nitrogen and oxygen atoms in total. The summed E-state index contributed by atoms with van der Waals surface area (Å²) >= 11 is 0. The van der Waals surface area contributed by atoms with Crippen LogP contribution in [0.5, 0.6) is 0 Å². The molecule has 1 aromatic carbocycles. The Balaban J connectivity index is 2.71. The second-order valence-electron chi connectivity index (χ2n) is 5.01. The molecule has 3 heteroatoms. The highest BCUT2D eigenvalue weighted by atomic mass is 31.2. The molecule has 0 amide bonds. The number of rotatable bonds is 4. The lowest BCUT2D eigenvalue weighted by molar-refractivity contribution is -0.667. The summed E-state index contributed by atoms with van der Waals surface area (Å²) in [5.74, 6) is 0. The maximum Gasteiger partial charge on any atom is 0.212 e. The monoisotopic (exact) mass is 276 g/mol. The smallest absolute Gasteiger partial charge is 0.212 e. The summed E-state index contributed by atoms with van der Waals surface area (Å²) in [7, 11) is -2.19. The summed E-state index contributed by atoms with van der Waals surface area (Å²) in [6.45, 7) is 9.27. The first-order valence-corrected chi connectivity index (χ1v) is 9.15. The third-order valence-electron chi connectivity index (χ3n) is 4.05. The number of aromatic nitrogens is 1. The van der Waals surface area contributed by atoms with Crippen LogP contribution in [0.15, 0.2) is 30.5 Å². The zero-order valence-electron chi connectivity index (χ0n) is 12.3. The standard InChI is InChI=1S/C16H23NOP/c1-5-17-11-10-13(4)15-12-14(8-9-16(15)17)19(18,6-2)7-3/h8-12H,5-7H2,1-4H3/q+1. The first kappa shape index (κ1) is 14.3. The number of hydrogen-bond acceptors (Lipinski definition) is 1. The summed E-state index contributed by atoms with van der Waals surface area (Å²) in [6.07, 6.45) is 3.61. The van der Waals surface area contributed by atoms with Gasteiger partial charge in [-0.2, -0.15) is 4.57 Å². The number of nitrogens with zero attached hydrogens (tertiary/aromatic N) is 1. The van der Waals surface area contributed by atoms with Crippen molar-refractivity contribution in [3.8, 4) is 0 Å². The zero-order valence-corrected chi connectivity index (χ0v) is 13.2. The van der Waals surface area contributed by atoms with Crippen molar-refractivity contribution in [3.63, 3.8) is 0 Å². The van der Waals surface area contributed by atoms with Gasteiger partial charge in [0.1, 0.15) is 13.7 Å². The molecule has 0 fully saturated rings. The molecule has 0 saturated carbocycles. The average Bonchev–Trinajstić information content (AvgIpc) is 2.46. The Labute approximate surface area is 115 Å². The Bertz CT molecular complexity index is 640. The molecule has 19 heavy (non-hydrogen) atoms. The van der Waals surface area contributed by atoms with Crippen molar-refractivity contribution in [1.29, 1.82) is 0 Å². The molecule has 0 spiro atoms. The van der Waals surface area contributed by atoms with E-state index in [0.29, 0.717) is 0 Å². The Kier molecular flexibility index (Phi) is 4.10. The fourth-order valence-corrected chi connectivity index (χ4v) is 4.47. The van der Waals surface area contributed by atoms with E-state index in [1.54, 1.807) is 0 Å². The zero-order chi connectivity index (χ0) is 14.0. The van der Waals surface area contributed by atoms with E-state index in [0.717, 1.165) is 24.2 Å². The number of hydrogen-bond donors (Lipinski definition) is 0. The van der Waals surface area contributed by atoms with Gasteiger partial charge in [0.15, 0.2) is 6.20 Å². The second kappa shape index (κ2) is 5.46. The molecule has 1 heterocycles. The van der Waals surface area contributed by atoms with Crippen molar-refractivity contribution in [2.45, 2.75) is 34.2 Å². The number of aryl methyl sites for hydroxylation is 2. The SMILES string of the molecule is CC[n+]1ccc(C)c2cc(P(=O)(CC)CC)ccc21. The van der Waals surface area contributed by atoms with Crippen LogP contribution in [-0.4, -0.2) is 12.3 Å². The van der Waals surface area contributed by atoms with Gasteiger partial charge < -0.3 is 4.57 Å². The highest BCUT2D eigenvalue weighted by molar-refractivity contribution is 7.71. The summed E-state index contributed by atoms with van der Waals surface area (Å²) in [4.78, 5) is 0. The van der Waals surface area contributed by atoms with E-state index in [1.807, 2.05) is 13.8 Å². The van der Waals surface area contributed by atoms with Gasteiger partial charge in [-0.3, -0.25) is 0 Å². The molecule has 0 N–H and O–H groups in total. The highest BCUT2D eigenvalue weighted by Crippen LogP contribution is 2.43. The first-order valence-electron chi connectivity index (χ1n) is 7.07. The Hall–Kier alpha value is -1.14. The van der Waals surface area contributed by atoms with Gasteiger partial charge >= 0.3 is 0 Å². The van der Waals surface area contributed by atoms with Crippen LogP contribution in [0.1, 0.15) is 26.3 Å². The van der Waals surface area contributed by atoms with Crippen molar-refractivity contribution in [2.24, 2.45) is 0 Å². The van der Waals surface area contributed by atoms with E-state index in [-0.39, 0.29) is 0 Å². The quantitative estimate of drug-likeness (QED) is 0.618. The van der Waals surface area contributed by atoms with Gasteiger partial charge in [-0.05, 0) is 31.5 Å². The van der Waals surface area contributed by atoms with E-state index < -0.39 is 7.14 Å². The Morgan fingerprint density at radius 1 is 1.11 bits per heavy atom. The molecule has 102 valence electrons. The molecule has 2 rings (SSSR count). The summed E-state index contributed by atoms with van der Waals surface area (Å²) in [5, 5.41) is 2.26. The number of benzene rings is 1. The fourth-order valence-electron chi connectivity index (χ4n) is 2.58. The molecule has 0 aliphatic rings. The average molecular weight is 276 g/mol. The Morgan fingerprint density at radius 3 is 2.37 bits per heavy atom. The lowest BCUT2D eigenvalue weighted by Gasteiger charge is -2.15. The largest absolute Gasteiger partial charge is 0.319 e. The van der Waals surface area contributed by atoms with Crippen LogP contribution in [0, 0.1) is 6.92 Å². The van der Waals surface area contributed by atoms with Crippen LogP contribution >= 0.6 is 7.14 Å². The van der Waals surface area contributed by atoms with Gasteiger partial charge in [0.2, 0.25) is 5.52 Å². The van der Waals surface area contributed by atoms with Gasteiger partial charge in [0.05, 0.1) is 0 Å². The second-order valence-corrected chi connectivity index (χ2v) is 8.57. The van der Waals surface area contributed by atoms with Crippen molar-refractivity contribution < 1.29 is 9.13 Å². The molecular formula is C16H23NOP+. The topological polar surface area (TPSA) is 20.9 Å². The molecule has 0 saturated heterocycles. The van der Waals surface area contributed by atoms with Crippen LogP contribution in [0.2, 0.25) is 0 Å². The molecule has 1 aromatic heterocycles. The van der Waals surface area contributed by atoms with Gasteiger partial charge in [-0.1, -0.05) is 13.8 Å². The van der Waals surface area contributed by atoms with E-state index in [1.165, 1.54) is 16.5 Å². The van der Waals surface area contributed by atoms with E-state index in [2.05, 4.69) is 48.9 Å². The molecule has 0 unspecified atom stereocenters. The normalized spacial score (nSPS) is 12.0. The predicted molar refractivity (Wildman–Crippen MR) is 82.9 cm³/mol. The van der Waals surface area contributed by atoms with Crippen LogP contribution in [0.4, 0.5) is 0 Å². The van der Waals surface area contributed by atoms with Gasteiger partial charge in [-0.15, -0.1) is 0 Å². The highest BCUT2D eigenvalue weighted by Gasteiger charge is 2.21. The fraction of sp³-hybridized carbons (Fsp3) is 0.438. The minimum atomic E-state index is -2.19. The van der Waals surface area contributed by atoms with Crippen molar-refractivity contribution in [2.75, 3.05) is 12.3 Å². The molecule has 0 aliphatic carbocycles.